The average Bonchev–Trinajstić information content (AvgIpc) is 3.02. The van der Waals surface area contributed by atoms with Gasteiger partial charge in [0.2, 0.25) is 0 Å². The first-order valence-electron chi connectivity index (χ1n) is 9.83. The number of hydrogen-bond donors (Lipinski definition) is 1. The number of hydrogen-bond acceptors (Lipinski definition) is 4. The Morgan fingerprint density at radius 1 is 1.19 bits per heavy atom. The molecule has 0 spiro atoms. The number of carbonyl (C=O) groups is 1. The van der Waals surface area contributed by atoms with E-state index in [1.54, 1.807) is 19.0 Å². The maximum Gasteiger partial charge on any atom is 0.317 e. The van der Waals surface area contributed by atoms with E-state index in [2.05, 4.69) is 44.8 Å². The molecule has 1 aromatic heterocycles. The Kier molecular flexibility index (Phi) is 5.87. The van der Waals surface area contributed by atoms with Crippen LogP contribution < -0.4 is 5.32 Å². The number of rotatable bonds is 5. The summed E-state index contributed by atoms with van der Waals surface area (Å²) in [6.07, 6.45) is 4.04. The molecule has 7 heteroatoms. The molecular formula is C19H34N6O. The van der Waals surface area contributed by atoms with Gasteiger partial charge in [0, 0.05) is 39.3 Å². The third-order valence-corrected chi connectivity index (χ3v) is 5.58. The maximum absolute atomic E-state index is 11.7. The molecule has 1 N–H and O–H groups in total. The van der Waals surface area contributed by atoms with E-state index in [1.165, 1.54) is 38.0 Å². The van der Waals surface area contributed by atoms with Gasteiger partial charge in [0.25, 0.3) is 0 Å². The van der Waals surface area contributed by atoms with E-state index in [1.807, 2.05) is 0 Å². The number of piperidine rings is 1. The lowest BCUT2D eigenvalue weighted by molar-refractivity contribution is 0.0478. The predicted octanol–water partition coefficient (Wildman–Crippen LogP) is 1.73. The SMILES string of the molecule is CN(C)C(=O)NCc1cc2n(n1)CCN(CC(C)(C)N1CCCCC1)C2. The van der Waals surface area contributed by atoms with Crippen LogP contribution in [0.3, 0.4) is 0 Å². The minimum absolute atomic E-state index is 0.0825. The quantitative estimate of drug-likeness (QED) is 0.867. The third kappa shape index (κ3) is 4.57. The highest BCUT2D eigenvalue weighted by atomic mass is 16.2. The maximum atomic E-state index is 11.7. The van der Waals surface area contributed by atoms with E-state index < -0.39 is 0 Å². The van der Waals surface area contributed by atoms with Gasteiger partial charge in [-0.15, -0.1) is 0 Å². The largest absolute Gasteiger partial charge is 0.332 e. The lowest BCUT2D eigenvalue weighted by Gasteiger charge is -2.44. The molecule has 0 bridgehead atoms. The molecule has 2 aliphatic heterocycles. The molecule has 26 heavy (non-hydrogen) atoms. The Morgan fingerprint density at radius 3 is 2.62 bits per heavy atom. The monoisotopic (exact) mass is 362 g/mol. The van der Waals surface area contributed by atoms with Crippen molar-refractivity contribution in [2.75, 3.05) is 40.3 Å². The zero-order valence-corrected chi connectivity index (χ0v) is 16.8. The van der Waals surface area contributed by atoms with Gasteiger partial charge in [-0.1, -0.05) is 6.42 Å². The highest BCUT2D eigenvalue weighted by Gasteiger charge is 2.31. The van der Waals surface area contributed by atoms with E-state index in [0.717, 1.165) is 31.9 Å². The molecule has 3 heterocycles. The first-order chi connectivity index (χ1) is 12.3. The average molecular weight is 363 g/mol. The second-order valence-electron chi connectivity index (χ2n) is 8.47. The Hall–Kier alpha value is -1.60. The summed E-state index contributed by atoms with van der Waals surface area (Å²) in [6.45, 7) is 11.7. The molecule has 0 saturated carbocycles. The van der Waals surface area contributed by atoms with Crippen molar-refractivity contribution in [3.8, 4) is 0 Å². The lowest BCUT2D eigenvalue weighted by atomic mass is 9.97. The van der Waals surface area contributed by atoms with Crippen LogP contribution in [0, 0.1) is 0 Å². The Balaban J connectivity index is 1.56. The van der Waals surface area contributed by atoms with Crippen molar-refractivity contribution in [3.63, 3.8) is 0 Å². The fourth-order valence-electron chi connectivity index (χ4n) is 4.07. The normalized spacial score (nSPS) is 19.2. The number of nitrogens with zero attached hydrogens (tertiary/aromatic N) is 5. The molecular weight excluding hydrogens is 328 g/mol. The highest BCUT2D eigenvalue weighted by molar-refractivity contribution is 5.73. The molecule has 0 unspecified atom stereocenters. The predicted molar refractivity (Wildman–Crippen MR) is 103 cm³/mol. The Labute approximate surface area is 157 Å². The van der Waals surface area contributed by atoms with Gasteiger partial charge < -0.3 is 10.2 Å². The van der Waals surface area contributed by atoms with Gasteiger partial charge in [0.1, 0.15) is 0 Å². The van der Waals surface area contributed by atoms with Gasteiger partial charge in [0.05, 0.1) is 24.5 Å². The zero-order valence-electron chi connectivity index (χ0n) is 16.8. The zero-order chi connectivity index (χ0) is 18.7. The second-order valence-corrected chi connectivity index (χ2v) is 8.47. The van der Waals surface area contributed by atoms with Crippen molar-refractivity contribution in [1.29, 1.82) is 0 Å². The van der Waals surface area contributed by atoms with Crippen molar-refractivity contribution in [1.82, 2.24) is 29.8 Å². The fourth-order valence-corrected chi connectivity index (χ4v) is 4.07. The number of fused-ring (bicyclic) bond motifs is 1. The molecule has 3 rings (SSSR count). The summed E-state index contributed by atoms with van der Waals surface area (Å²) in [5.74, 6) is 0. The molecule has 0 aromatic carbocycles. The molecule has 7 nitrogen and oxygen atoms in total. The van der Waals surface area contributed by atoms with Crippen LogP contribution in [0.5, 0.6) is 0 Å². The van der Waals surface area contributed by atoms with E-state index in [0.29, 0.717) is 6.54 Å². The third-order valence-electron chi connectivity index (χ3n) is 5.58. The fraction of sp³-hybridized carbons (Fsp3) is 0.789. The van der Waals surface area contributed by atoms with E-state index in [9.17, 15) is 4.79 Å². The molecule has 0 aliphatic carbocycles. The van der Waals surface area contributed by atoms with E-state index >= 15 is 0 Å². The summed E-state index contributed by atoms with van der Waals surface area (Å²) in [4.78, 5) is 18.4. The molecule has 1 aromatic rings. The molecule has 1 saturated heterocycles. The number of nitrogens with one attached hydrogen (secondary N) is 1. The van der Waals surface area contributed by atoms with Crippen LogP contribution in [-0.2, 0) is 19.6 Å². The number of urea groups is 1. The van der Waals surface area contributed by atoms with Crippen LogP contribution in [0.15, 0.2) is 6.07 Å². The van der Waals surface area contributed by atoms with Gasteiger partial charge in [-0.05, 0) is 45.8 Å². The van der Waals surface area contributed by atoms with Crippen molar-refractivity contribution < 1.29 is 4.79 Å². The van der Waals surface area contributed by atoms with Crippen molar-refractivity contribution in [2.45, 2.75) is 58.3 Å². The van der Waals surface area contributed by atoms with Crippen LogP contribution in [-0.4, -0.2) is 76.3 Å². The van der Waals surface area contributed by atoms with E-state index in [4.69, 9.17) is 0 Å². The molecule has 2 amide bonds. The summed E-state index contributed by atoms with van der Waals surface area (Å²) in [5.41, 5.74) is 2.40. The van der Waals surface area contributed by atoms with Gasteiger partial charge in [-0.3, -0.25) is 14.5 Å². The number of carbonyl (C=O) groups excluding carboxylic acids is 1. The van der Waals surface area contributed by atoms with Crippen LogP contribution >= 0.6 is 0 Å². The second kappa shape index (κ2) is 7.96. The molecule has 1 fully saturated rings. The summed E-state index contributed by atoms with van der Waals surface area (Å²) in [6, 6.07) is 2.05. The van der Waals surface area contributed by atoms with Crippen LogP contribution in [0.4, 0.5) is 4.79 Å². The summed E-state index contributed by atoms with van der Waals surface area (Å²) < 4.78 is 2.10. The summed E-state index contributed by atoms with van der Waals surface area (Å²) >= 11 is 0. The van der Waals surface area contributed by atoms with Gasteiger partial charge in [0.15, 0.2) is 0 Å². The summed E-state index contributed by atoms with van der Waals surface area (Å²) in [7, 11) is 3.49. The van der Waals surface area contributed by atoms with Gasteiger partial charge in [-0.25, -0.2) is 4.79 Å². The standard InChI is InChI=1S/C19H34N6O/c1-19(2,24-8-6-5-7-9-24)15-23-10-11-25-17(14-23)12-16(21-25)13-20-18(26)22(3)4/h12H,5-11,13-15H2,1-4H3,(H,20,26). The molecule has 0 radical (unpaired) electrons. The number of amides is 2. The molecule has 146 valence electrons. The minimum atomic E-state index is -0.0825. The first-order valence-corrected chi connectivity index (χ1v) is 9.83. The number of likely N-dealkylation sites (tertiary alicyclic amines) is 1. The topological polar surface area (TPSA) is 56.6 Å². The van der Waals surface area contributed by atoms with Gasteiger partial charge >= 0.3 is 6.03 Å². The number of aromatic nitrogens is 2. The van der Waals surface area contributed by atoms with Crippen LogP contribution in [0.1, 0.15) is 44.5 Å². The Morgan fingerprint density at radius 2 is 1.92 bits per heavy atom. The van der Waals surface area contributed by atoms with Crippen molar-refractivity contribution >= 4 is 6.03 Å². The summed E-state index contributed by atoms with van der Waals surface area (Å²) in [5, 5.41) is 7.54. The van der Waals surface area contributed by atoms with E-state index in [-0.39, 0.29) is 11.6 Å². The van der Waals surface area contributed by atoms with Gasteiger partial charge in [-0.2, -0.15) is 5.10 Å². The van der Waals surface area contributed by atoms with Crippen molar-refractivity contribution in [2.24, 2.45) is 0 Å². The van der Waals surface area contributed by atoms with Crippen LogP contribution in [0.2, 0.25) is 0 Å². The van der Waals surface area contributed by atoms with Crippen molar-refractivity contribution in [3.05, 3.63) is 17.5 Å². The molecule has 2 aliphatic rings. The smallest absolute Gasteiger partial charge is 0.317 e. The lowest BCUT2D eigenvalue weighted by Crippen LogP contribution is -2.54. The minimum Gasteiger partial charge on any atom is -0.332 e. The molecule has 0 atom stereocenters. The highest BCUT2D eigenvalue weighted by Crippen LogP contribution is 2.24. The first kappa shape index (κ1) is 19.2. The van der Waals surface area contributed by atoms with Crippen LogP contribution in [0.25, 0.3) is 0 Å². The Bertz CT molecular complexity index is 618.